The van der Waals surface area contributed by atoms with Crippen LogP contribution in [0.2, 0.25) is 0 Å². The molecule has 1 fully saturated rings. The van der Waals surface area contributed by atoms with Crippen molar-refractivity contribution in [2.45, 2.75) is 25.7 Å². The van der Waals surface area contributed by atoms with Gasteiger partial charge in [0, 0.05) is 37.1 Å². The highest BCUT2D eigenvalue weighted by Crippen LogP contribution is 2.29. The molecule has 31 heavy (non-hydrogen) atoms. The van der Waals surface area contributed by atoms with Crippen LogP contribution in [0.4, 0.5) is 0 Å². The third kappa shape index (κ3) is 3.74. The maximum atomic E-state index is 13.2. The van der Waals surface area contributed by atoms with Crippen LogP contribution in [0.3, 0.4) is 0 Å². The fraction of sp³-hybridized carbons (Fsp3) is 0.261. The van der Waals surface area contributed by atoms with E-state index in [9.17, 15) is 9.59 Å². The van der Waals surface area contributed by atoms with E-state index >= 15 is 0 Å². The molecule has 0 aromatic carbocycles. The van der Waals surface area contributed by atoms with Gasteiger partial charge in [-0.15, -0.1) is 11.3 Å². The zero-order valence-electron chi connectivity index (χ0n) is 17.1. The molecule has 8 heteroatoms. The van der Waals surface area contributed by atoms with Crippen LogP contribution in [-0.2, 0) is 0 Å². The number of aryl methyl sites for hydroxylation is 1. The molecule has 4 aromatic rings. The molecule has 0 bridgehead atoms. The number of fused-ring (bicyclic) bond motifs is 1. The minimum atomic E-state index is -0.343. The molecule has 5 heterocycles. The number of rotatable bonds is 3. The van der Waals surface area contributed by atoms with Gasteiger partial charge in [0.25, 0.3) is 11.5 Å². The van der Waals surface area contributed by atoms with E-state index in [0.717, 1.165) is 34.9 Å². The lowest BCUT2D eigenvalue weighted by molar-refractivity contribution is 0.0702. The van der Waals surface area contributed by atoms with Crippen molar-refractivity contribution in [1.29, 1.82) is 0 Å². The number of carbonyl (C=O) groups excluding carboxylic acids is 1. The summed E-state index contributed by atoms with van der Waals surface area (Å²) in [5, 5.41) is 2.03. The topological polar surface area (TPSA) is 80.5 Å². The van der Waals surface area contributed by atoms with Crippen molar-refractivity contribution in [3.63, 3.8) is 0 Å². The molecule has 0 unspecified atom stereocenters. The van der Waals surface area contributed by atoms with E-state index < -0.39 is 0 Å². The smallest absolute Gasteiger partial charge is 0.270 e. The van der Waals surface area contributed by atoms with E-state index in [1.165, 1.54) is 10.6 Å². The van der Waals surface area contributed by atoms with Crippen molar-refractivity contribution in [3.05, 3.63) is 81.6 Å². The predicted octanol–water partition coefficient (Wildman–Crippen LogP) is 3.54. The lowest BCUT2D eigenvalue weighted by atomic mass is 9.96. The van der Waals surface area contributed by atoms with Crippen LogP contribution in [0, 0.1) is 6.92 Å². The fourth-order valence-corrected chi connectivity index (χ4v) is 4.73. The highest BCUT2D eigenvalue weighted by Gasteiger charge is 2.29. The number of aromatic nitrogens is 4. The van der Waals surface area contributed by atoms with Crippen molar-refractivity contribution >= 4 is 22.9 Å². The van der Waals surface area contributed by atoms with Crippen LogP contribution in [0.1, 0.15) is 40.6 Å². The summed E-state index contributed by atoms with van der Waals surface area (Å²) in [5.41, 5.74) is 2.10. The maximum absolute atomic E-state index is 13.2. The number of hydrogen-bond donors (Lipinski definition) is 0. The minimum Gasteiger partial charge on any atom is -0.338 e. The first-order chi connectivity index (χ1) is 15.1. The third-order valence-corrected chi connectivity index (χ3v) is 6.46. The summed E-state index contributed by atoms with van der Waals surface area (Å²) in [6.45, 7) is 3.06. The molecule has 0 N–H and O–H groups in total. The lowest BCUT2D eigenvalue weighted by Gasteiger charge is -2.32. The van der Waals surface area contributed by atoms with E-state index in [1.807, 2.05) is 36.6 Å². The Labute approximate surface area is 183 Å². The first-order valence-electron chi connectivity index (χ1n) is 10.3. The Balaban J connectivity index is 1.43. The van der Waals surface area contributed by atoms with Crippen molar-refractivity contribution in [2.24, 2.45) is 0 Å². The molecular weight excluding hydrogens is 410 g/mol. The van der Waals surface area contributed by atoms with Gasteiger partial charge in [-0.05, 0) is 49.4 Å². The molecule has 0 aliphatic carbocycles. The van der Waals surface area contributed by atoms with E-state index in [1.54, 1.807) is 34.6 Å². The first-order valence-corrected chi connectivity index (χ1v) is 11.1. The second-order valence-corrected chi connectivity index (χ2v) is 8.67. The van der Waals surface area contributed by atoms with Crippen LogP contribution in [0.15, 0.2) is 59.0 Å². The highest BCUT2D eigenvalue weighted by molar-refractivity contribution is 7.13. The monoisotopic (exact) mass is 431 g/mol. The Morgan fingerprint density at radius 3 is 2.94 bits per heavy atom. The van der Waals surface area contributed by atoms with Crippen LogP contribution in [0.25, 0.3) is 16.2 Å². The van der Waals surface area contributed by atoms with Crippen LogP contribution in [-0.4, -0.2) is 43.2 Å². The molecule has 1 amide bonds. The molecule has 1 saturated heterocycles. The zero-order chi connectivity index (χ0) is 21.4. The average Bonchev–Trinajstić information content (AvgIpc) is 3.34. The molecule has 4 aromatic heterocycles. The summed E-state index contributed by atoms with van der Waals surface area (Å²) in [6, 6.07) is 11.4. The summed E-state index contributed by atoms with van der Waals surface area (Å²) >= 11 is 1.65. The second-order valence-electron chi connectivity index (χ2n) is 7.73. The van der Waals surface area contributed by atoms with Crippen molar-refractivity contribution in [1.82, 2.24) is 24.3 Å². The summed E-state index contributed by atoms with van der Waals surface area (Å²) in [4.78, 5) is 42.6. The van der Waals surface area contributed by atoms with E-state index in [0.29, 0.717) is 18.7 Å². The Hall–Kier alpha value is -3.39. The Morgan fingerprint density at radius 2 is 2.10 bits per heavy atom. The van der Waals surface area contributed by atoms with Crippen LogP contribution in [0.5, 0.6) is 0 Å². The number of hydrogen-bond acceptors (Lipinski definition) is 6. The van der Waals surface area contributed by atoms with Gasteiger partial charge < -0.3 is 4.90 Å². The van der Waals surface area contributed by atoms with E-state index in [4.69, 9.17) is 4.98 Å². The molecular formula is C23H21N5O2S. The van der Waals surface area contributed by atoms with Crippen molar-refractivity contribution < 1.29 is 4.79 Å². The number of piperidine rings is 1. The first kappa shape index (κ1) is 19.6. The number of thiophene rings is 1. The molecule has 1 aliphatic heterocycles. The predicted molar refractivity (Wildman–Crippen MR) is 119 cm³/mol. The van der Waals surface area contributed by atoms with Gasteiger partial charge >= 0.3 is 0 Å². The van der Waals surface area contributed by atoms with Crippen LogP contribution >= 0.6 is 11.3 Å². The molecule has 0 radical (unpaired) electrons. The van der Waals surface area contributed by atoms with Gasteiger partial charge in [0.15, 0.2) is 0 Å². The fourth-order valence-electron chi connectivity index (χ4n) is 4.04. The van der Waals surface area contributed by atoms with E-state index in [-0.39, 0.29) is 22.9 Å². The zero-order valence-corrected chi connectivity index (χ0v) is 17.9. The molecule has 7 nitrogen and oxygen atoms in total. The molecule has 5 rings (SSSR count). The normalized spacial score (nSPS) is 16.5. The number of nitrogens with zero attached hydrogens (tertiary/aromatic N) is 5. The van der Waals surface area contributed by atoms with Gasteiger partial charge in [0.2, 0.25) is 0 Å². The SMILES string of the molecule is Cc1cc(-c2cccs2)nc([C@@H]2CCCN(C(=O)c3cnc4ccccn4c3=O)C2)n1. The largest absolute Gasteiger partial charge is 0.338 e. The quantitative estimate of drug-likeness (QED) is 0.496. The lowest BCUT2D eigenvalue weighted by Crippen LogP contribution is -2.42. The minimum absolute atomic E-state index is 0.0347. The molecule has 0 saturated carbocycles. The van der Waals surface area contributed by atoms with Crippen LogP contribution < -0.4 is 5.56 Å². The van der Waals surface area contributed by atoms with Crippen molar-refractivity contribution in [2.75, 3.05) is 13.1 Å². The Morgan fingerprint density at radius 1 is 1.19 bits per heavy atom. The van der Waals surface area contributed by atoms with Gasteiger partial charge in [0.1, 0.15) is 17.0 Å². The standard InChI is InChI=1S/C23H21N5O2S/c1-15-12-18(19-7-5-11-31-19)26-21(25-15)16-6-4-9-27(14-16)22(29)17-13-24-20-8-2-3-10-28(20)23(17)30/h2-3,5,7-8,10-13,16H,4,6,9,14H2,1H3/t16-/m1/s1. The molecule has 1 atom stereocenters. The number of carbonyl (C=O) groups is 1. The summed E-state index contributed by atoms with van der Waals surface area (Å²) in [5.74, 6) is 0.508. The van der Waals surface area contributed by atoms with Gasteiger partial charge in [0.05, 0.1) is 10.6 Å². The Bertz CT molecular complexity index is 1320. The van der Waals surface area contributed by atoms with Gasteiger partial charge in [-0.25, -0.2) is 15.0 Å². The van der Waals surface area contributed by atoms with Gasteiger partial charge in [-0.1, -0.05) is 12.1 Å². The number of likely N-dealkylation sites (tertiary alicyclic amines) is 1. The summed E-state index contributed by atoms with van der Waals surface area (Å²) in [7, 11) is 0. The molecule has 0 spiro atoms. The average molecular weight is 432 g/mol. The summed E-state index contributed by atoms with van der Waals surface area (Å²) in [6.07, 6.45) is 4.77. The van der Waals surface area contributed by atoms with Gasteiger partial charge in [-0.3, -0.25) is 14.0 Å². The summed E-state index contributed by atoms with van der Waals surface area (Å²) < 4.78 is 1.41. The molecule has 1 aliphatic rings. The molecule has 156 valence electrons. The number of pyridine rings is 1. The Kier molecular flexibility index (Phi) is 5.07. The highest BCUT2D eigenvalue weighted by atomic mass is 32.1. The van der Waals surface area contributed by atoms with Gasteiger partial charge in [-0.2, -0.15) is 0 Å². The van der Waals surface area contributed by atoms with E-state index in [2.05, 4.69) is 9.97 Å². The number of amides is 1. The second kappa shape index (κ2) is 8.03. The maximum Gasteiger partial charge on any atom is 0.270 e. The van der Waals surface area contributed by atoms with Crippen molar-refractivity contribution in [3.8, 4) is 10.6 Å². The third-order valence-electron chi connectivity index (χ3n) is 5.56.